The molecule has 1 aliphatic rings. The van der Waals surface area contributed by atoms with Gasteiger partial charge in [-0.25, -0.2) is 0 Å². The molecule has 0 saturated carbocycles. The Balaban J connectivity index is 2.94. The third kappa shape index (κ3) is 1.22. The molecule has 1 aliphatic carbocycles. The lowest BCUT2D eigenvalue weighted by atomic mass is 9.92. The summed E-state index contributed by atoms with van der Waals surface area (Å²) in [6, 6.07) is 0. The molecule has 1 atom stereocenters. The molecule has 11 heavy (non-hydrogen) atoms. The summed E-state index contributed by atoms with van der Waals surface area (Å²) in [7, 11) is 0. The zero-order valence-corrected chi connectivity index (χ0v) is 6.06. The lowest BCUT2D eigenvalue weighted by Gasteiger charge is -2.17. The van der Waals surface area contributed by atoms with E-state index in [1.807, 2.05) is 0 Å². The standard InChI is InChI=1S/C8H9NO2/c1-2-8(9(10)11)6-4-3-5-7-8/h2-6H,1,7H2. The minimum Gasteiger partial charge on any atom is -0.263 e. The molecule has 0 saturated heterocycles. The largest absolute Gasteiger partial charge is 0.263 e. The van der Waals surface area contributed by atoms with Crippen molar-refractivity contribution < 1.29 is 4.92 Å². The number of hydrogen-bond donors (Lipinski definition) is 0. The molecule has 0 aromatic carbocycles. The molecule has 0 fully saturated rings. The average molecular weight is 151 g/mol. The van der Waals surface area contributed by atoms with Gasteiger partial charge in [-0.1, -0.05) is 24.8 Å². The summed E-state index contributed by atoms with van der Waals surface area (Å²) in [5.74, 6) is 0. The molecule has 0 aliphatic heterocycles. The predicted molar refractivity (Wildman–Crippen MR) is 42.8 cm³/mol. The Labute approximate surface area is 64.9 Å². The van der Waals surface area contributed by atoms with Crippen molar-refractivity contribution in [2.24, 2.45) is 0 Å². The van der Waals surface area contributed by atoms with Gasteiger partial charge < -0.3 is 0 Å². The molecule has 0 aromatic rings. The molecule has 0 bridgehead atoms. The highest BCUT2D eigenvalue weighted by atomic mass is 16.6. The normalized spacial score (nSPS) is 28.4. The van der Waals surface area contributed by atoms with Crippen LogP contribution in [-0.4, -0.2) is 10.5 Å². The van der Waals surface area contributed by atoms with Crippen LogP contribution in [0.5, 0.6) is 0 Å². The number of allylic oxidation sites excluding steroid dienone is 2. The first-order valence-electron chi connectivity index (χ1n) is 3.34. The van der Waals surface area contributed by atoms with Gasteiger partial charge in [0.05, 0.1) is 0 Å². The molecule has 0 amide bonds. The van der Waals surface area contributed by atoms with Crippen LogP contribution in [-0.2, 0) is 0 Å². The van der Waals surface area contributed by atoms with E-state index in [-0.39, 0.29) is 4.92 Å². The highest BCUT2D eigenvalue weighted by Crippen LogP contribution is 2.22. The van der Waals surface area contributed by atoms with Gasteiger partial charge >= 0.3 is 0 Å². The summed E-state index contributed by atoms with van der Waals surface area (Å²) in [5, 5.41) is 10.6. The van der Waals surface area contributed by atoms with E-state index in [4.69, 9.17) is 0 Å². The number of nitro groups is 1. The van der Waals surface area contributed by atoms with Gasteiger partial charge in [-0.2, -0.15) is 0 Å². The zero-order chi connectivity index (χ0) is 8.32. The van der Waals surface area contributed by atoms with Crippen LogP contribution in [0.1, 0.15) is 6.42 Å². The minimum absolute atomic E-state index is 0.319. The van der Waals surface area contributed by atoms with Gasteiger partial charge in [0.25, 0.3) is 5.54 Å². The molecule has 0 N–H and O–H groups in total. The smallest absolute Gasteiger partial charge is 0.261 e. The van der Waals surface area contributed by atoms with E-state index in [2.05, 4.69) is 6.58 Å². The average Bonchev–Trinajstić information content (AvgIpc) is 2.05. The van der Waals surface area contributed by atoms with Crippen molar-refractivity contribution in [1.82, 2.24) is 0 Å². The molecule has 1 unspecified atom stereocenters. The Morgan fingerprint density at radius 3 is 2.64 bits per heavy atom. The highest BCUT2D eigenvalue weighted by molar-refractivity contribution is 5.23. The molecule has 1 rings (SSSR count). The first-order valence-corrected chi connectivity index (χ1v) is 3.34. The molecule has 0 spiro atoms. The summed E-state index contributed by atoms with van der Waals surface area (Å²) < 4.78 is 0. The third-order valence-corrected chi connectivity index (χ3v) is 1.77. The monoisotopic (exact) mass is 151 g/mol. The molecular weight excluding hydrogens is 142 g/mol. The van der Waals surface area contributed by atoms with E-state index in [0.717, 1.165) is 0 Å². The van der Waals surface area contributed by atoms with Gasteiger partial charge in [-0.05, 0) is 12.2 Å². The van der Waals surface area contributed by atoms with E-state index in [0.29, 0.717) is 6.42 Å². The molecular formula is C8H9NO2. The van der Waals surface area contributed by atoms with E-state index in [1.54, 1.807) is 24.3 Å². The van der Waals surface area contributed by atoms with Crippen molar-refractivity contribution >= 4 is 0 Å². The third-order valence-electron chi connectivity index (χ3n) is 1.77. The predicted octanol–water partition coefficient (Wildman–Crippen LogP) is 1.70. The lowest BCUT2D eigenvalue weighted by Crippen LogP contribution is -2.33. The maximum absolute atomic E-state index is 10.6. The Morgan fingerprint density at radius 2 is 2.36 bits per heavy atom. The van der Waals surface area contributed by atoms with Gasteiger partial charge in [-0.15, -0.1) is 0 Å². The Kier molecular flexibility index (Phi) is 1.89. The lowest BCUT2D eigenvalue weighted by molar-refractivity contribution is -0.539. The van der Waals surface area contributed by atoms with Crippen LogP contribution in [0.4, 0.5) is 0 Å². The fraction of sp³-hybridized carbons (Fsp3) is 0.250. The van der Waals surface area contributed by atoms with Crippen molar-refractivity contribution in [1.29, 1.82) is 0 Å². The van der Waals surface area contributed by atoms with Crippen molar-refractivity contribution in [2.45, 2.75) is 12.0 Å². The van der Waals surface area contributed by atoms with E-state index in [9.17, 15) is 10.1 Å². The van der Waals surface area contributed by atoms with Gasteiger partial charge in [0.15, 0.2) is 0 Å². The maximum atomic E-state index is 10.6. The van der Waals surface area contributed by atoms with Gasteiger partial charge in [0.2, 0.25) is 0 Å². The van der Waals surface area contributed by atoms with Gasteiger partial charge in [0, 0.05) is 11.3 Å². The number of rotatable bonds is 2. The van der Waals surface area contributed by atoms with E-state index in [1.165, 1.54) is 6.08 Å². The second kappa shape index (κ2) is 2.70. The Hall–Kier alpha value is -1.38. The van der Waals surface area contributed by atoms with E-state index >= 15 is 0 Å². The highest BCUT2D eigenvalue weighted by Gasteiger charge is 2.35. The summed E-state index contributed by atoms with van der Waals surface area (Å²) in [6.07, 6.45) is 8.57. The zero-order valence-electron chi connectivity index (χ0n) is 6.06. The second-order valence-electron chi connectivity index (χ2n) is 2.44. The van der Waals surface area contributed by atoms with Crippen LogP contribution in [0.2, 0.25) is 0 Å². The topological polar surface area (TPSA) is 43.1 Å². The molecule has 3 heteroatoms. The van der Waals surface area contributed by atoms with E-state index < -0.39 is 5.54 Å². The van der Waals surface area contributed by atoms with Crippen molar-refractivity contribution in [3.05, 3.63) is 47.1 Å². The fourth-order valence-corrected chi connectivity index (χ4v) is 0.987. The van der Waals surface area contributed by atoms with Crippen LogP contribution in [0.25, 0.3) is 0 Å². The summed E-state index contributed by atoms with van der Waals surface area (Å²) in [5.41, 5.74) is -1.06. The minimum atomic E-state index is -1.06. The van der Waals surface area contributed by atoms with Crippen molar-refractivity contribution in [2.75, 3.05) is 0 Å². The summed E-state index contributed by atoms with van der Waals surface area (Å²) >= 11 is 0. The number of nitrogens with zero attached hydrogens (tertiary/aromatic N) is 1. The molecule has 3 nitrogen and oxygen atoms in total. The fourth-order valence-electron chi connectivity index (χ4n) is 0.987. The SMILES string of the molecule is C=CC1([N+](=O)[O-])C=CC=CC1. The first-order chi connectivity index (χ1) is 5.21. The van der Waals surface area contributed by atoms with Crippen LogP contribution in [0.15, 0.2) is 37.0 Å². The number of hydrogen-bond acceptors (Lipinski definition) is 2. The second-order valence-corrected chi connectivity index (χ2v) is 2.44. The van der Waals surface area contributed by atoms with Crippen LogP contribution in [0.3, 0.4) is 0 Å². The van der Waals surface area contributed by atoms with Gasteiger partial charge in [0.1, 0.15) is 0 Å². The molecule has 0 heterocycles. The van der Waals surface area contributed by atoms with Crippen molar-refractivity contribution in [3.8, 4) is 0 Å². The summed E-state index contributed by atoms with van der Waals surface area (Å²) in [6.45, 7) is 3.45. The van der Waals surface area contributed by atoms with Crippen LogP contribution < -0.4 is 0 Å². The molecule has 0 radical (unpaired) electrons. The summed E-state index contributed by atoms with van der Waals surface area (Å²) in [4.78, 5) is 10.2. The van der Waals surface area contributed by atoms with Crippen LogP contribution in [0, 0.1) is 10.1 Å². The first kappa shape index (κ1) is 7.72. The van der Waals surface area contributed by atoms with Crippen molar-refractivity contribution in [3.63, 3.8) is 0 Å². The quantitative estimate of drug-likeness (QED) is 0.342. The maximum Gasteiger partial charge on any atom is 0.261 e. The van der Waals surface area contributed by atoms with Crippen LogP contribution >= 0.6 is 0 Å². The van der Waals surface area contributed by atoms with Gasteiger partial charge in [-0.3, -0.25) is 10.1 Å². The molecule has 58 valence electrons. The molecule has 0 aromatic heterocycles. The Morgan fingerprint density at radius 1 is 1.64 bits per heavy atom. The Bertz CT molecular complexity index is 242.